The minimum atomic E-state index is -3.40. The van der Waals surface area contributed by atoms with E-state index >= 15 is 0 Å². The average Bonchev–Trinajstić information content (AvgIpc) is 3.19. The Bertz CT molecular complexity index is 1290. The van der Waals surface area contributed by atoms with Gasteiger partial charge in [0.25, 0.3) is 0 Å². The van der Waals surface area contributed by atoms with E-state index in [0.29, 0.717) is 23.3 Å². The van der Waals surface area contributed by atoms with Gasteiger partial charge in [-0.3, -0.25) is 4.57 Å². The van der Waals surface area contributed by atoms with Crippen molar-refractivity contribution in [2.75, 3.05) is 42.8 Å². The minimum absolute atomic E-state index is 0.000194. The molecule has 0 radical (unpaired) electrons. The number of ether oxygens (including phenoxy) is 1. The van der Waals surface area contributed by atoms with E-state index in [9.17, 15) is 12.8 Å². The van der Waals surface area contributed by atoms with Gasteiger partial charge in [-0.25, -0.2) is 22.5 Å². The van der Waals surface area contributed by atoms with Crippen molar-refractivity contribution in [1.29, 1.82) is 0 Å². The molecule has 4 heterocycles. The lowest BCUT2D eigenvalue weighted by Crippen LogP contribution is -2.61. The normalized spacial score (nSPS) is 16.3. The van der Waals surface area contributed by atoms with Crippen molar-refractivity contribution in [3.05, 3.63) is 53.7 Å². The summed E-state index contributed by atoms with van der Waals surface area (Å²) >= 11 is 0. The number of halogens is 1. The molecule has 0 aliphatic carbocycles. The van der Waals surface area contributed by atoms with Crippen LogP contribution in [0.1, 0.15) is 17.8 Å². The van der Waals surface area contributed by atoms with Crippen LogP contribution in [-0.2, 0) is 23.0 Å². The van der Waals surface area contributed by atoms with Gasteiger partial charge in [0.15, 0.2) is 5.82 Å². The van der Waals surface area contributed by atoms with Gasteiger partial charge in [0.05, 0.1) is 37.8 Å². The van der Waals surface area contributed by atoms with Gasteiger partial charge in [0.1, 0.15) is 5.82 Å². The number of anilines is 2. The second-order valence-electron chi connectivity index (χ2n) is 8.53. The molecule has 180 valence electrons. The molecule has 12 heteroatoms. The number of methoxy groups -OCH3 is 1. The van der Waals surface area contributed by atoms with E-state index in [1.165, 1.54) is 6.07 Å². The third-order valence-electron chi connectivity index (χ3n) is 6.18. The smallest absolute Gasteiger partial charge is 0.232 e. The van der Waals surface area contributed by atoms with Gasteiger partial charge in [0.2, 0.25) is 21.9 Å². The Kier molecular flexibility index (Phi) is 5.86. The van der Waals surface area contributed by atoms with Gasteiger partial charge in [-0.15, -0.1) is 10.2 Å². The molecule has 1 N–H and O–H groups in total. The van der Waals surface area contributed by atoms with Crippen molar-refractivity contribution >= 4 is 21.7 Å². The van der Waals surface area contributed by atoms with Crippen LogP contribution in [0.5, 0.6) is 5.88 Å². The zero-order valence-corrected chi connectivity index (χ0v) is 19.8. The zero-order chi connectivity index (χ0) is 23.9. The Hall–Kier alpha value is -3.25. The summed E-state index contributed by atoms with van der Waals surface area (Å²) < 4.78 is 46.4. The molecular formula is C22H26FN7O3S. The van der Waals surface area contributed by atoms with Crippen molar-refractivity contribution in [3.8, 4) is 11.6 Å². The standard InChI is InChI=1S/C22H26FN7O3S/c1-33-21-8-6-17(11-24-21)30-20(12-25-34(2,31)32)26-27-22(30)28-13-18(14-28)29-9-3-4-15-10-16(23)5-7-19(15)29/h5-8,10-11,18,25H,3-4,9,12-14H2,1-2H3. The zero-order valence-electron chi connectivity index (χ0n) is 19.0. The van der Waals surface area contributed by atoms with Crippen LogP contribution in [0.4, 0.5) is 16.0 Å². The number of aromatic nitrogens is 4. The first kappa shape index (κ1) is 22.5. The molecule has 0 amide bonds. The molecule has 2 aliphatic rings. The summed E-state index contributed by atoms with van der Waals surface area (Å²) in [7, 11) is -1.86. The first-order valence-electron chi connectivity index (χ1n) is 11.0. The number of pyridine rings is 1. The average molecular weight is 488 g/mol. The highest BCUT2D eigenvalue weighted by Crippen LogP contribution is 2.34. The molecule has 1 aromatic carbocycles. The predicted molar refractivity (Wildman–Crippen MR) is 125 cm³/mol. The fraction of sp³-hybridized carbons (Fsp3) is 0.409. The Labute approximate surface area is 197 Å². The highest BCUT2D eigenvalue weighted by atomic mass is 32.2. The molecule has 0 atom stereocenters. The molecule has 34 heavy (non-hydrogen) atoms. The summed E-state index contributed by atoms with van der Waals surface area (Å²) in [5.41, 5.74) is 2.84. The van der Waals surface area contributed by atoms with Gasteiger partial charge >= 0.3 is 0 Å². The van der Waals surface area contributed by atoms with Gasteiger partial charge in [0, 0.05) is 31.4 Å². The van der Waals surface area contributed by atoms with Crippen LogP contribution in [0.25, 0.3) is 5.69 Å². The molecule has 1 saturated heterocycles. The second kappa shape index (κ2) is 8.84. The molecule has 1 fully saturated rings. The molecule has 0 saturated carbocycles. The summed E-state index contributed by atoms with van der Waals surface area (Å²) in [5, 5.41) is 8.62. The summed E-state index contributed by atoms with van der Waals surface area (Å²) in [5.74, 6) is 1.34. The molecule has 10 nitrogen and oxygen atoms in total. The van der Waals surface area contributed by atoms with E-state index < -0.39 is 10.0 Å². The van der Waals surface area contributed by atoms with E-state index in [2.05, 4.69) is 29.7 Å². The fourth-order valence-corrected chi connectivity index (χ4v) is 4.89. The molecule has 0 spiro atoms. The van der Waals surface area contributed by atoms with Crippen molar-refractivity contribution < 1.29 is 17.5 Å². The van der Waals surface area contributed by atoms with Crippen LogP contribution in [0.15, 0.2) is 36.5 Å². The Balaban J connectivity index is 1.40. The van der Waals surface area contributed by atoms with Crippen LogP contribution < -0.4 is 19.3 Å². The van der Waals surface area contributed by atoms with Crippen molar-refractivity contribution in [1.82, 2.24) is 24.5 Å². The lowest BCUT2D eigenvalue weighted by atomic mass is 9.97. The van der Waals surface area contributed by atoms with Crippen molar-refractivity contribution in [2.24, 2.45) is 0 Å². The number of sulfonamides is 1. The van der Waals surface area contributed by atoms with Crippen LogP contribution in [0.2, 0.25) is 0 Å². The highest BCUT2D eigenvalue weighted by Gasteiger charge is 2.37. The number of rotatable bonds is 7. The minimum Gasteiger partial charge on any atom is -0.481 e. The maximum atomic E-state index is 13.7. The van der Waals surface area contributed by atoms with Crippen LogP contribution in [0.3, 0.4) is 0 Å². The molecule has 0 bridgehead atoms. The van der Waals surface area contributed by atoms with Crippen LogP contribution in [-0.4, -0.2) is 67.2 Å². The summed E-state index contributed by atoms with van der Waals surface area (Å²) in [6, 6.07) is 8.84. The number of nitrogens with zero attached hydrogens (tertiary/aromatic N) is 6. The van der Waals surface area contributed by atoms with E-state index in [4.69, 9.17) is 4.74 Å². The van der Waals surface area contributed by atoms with E-state index in [1.807, 2.05) is 12.1 Å². The van der Waals surface area contributed by atoms with Gasteiger partial charge in [-0.1, -0.05) is 0 Å². The fourth-order valence-electron chi connectivity index (χ4n) is 4.50. The first-order valence-corrected chi connectivity index (χ1v) is 12.9. The van der Waals surface area contributed by atoms with Gasteiger partial charge in [-0.2, -0.15) is 0 Å². The SMILES string of the molecule is COc1ccc(-n2c(CNS(C)(=O)=O)nnc2N2CC(N3CCCc4cc(F)ccc43)C2)cn1. The molecule has 2 aliphatic heterocycles. The topological polar surface area (TPSA) is 105 Å². The third kappa shape index (κ3) is 4.42. The monoisotopic (exact) mass is 487 g/mol. The summed E-state index contributed by atoms with van der Waals surface area (Å²) in [6.07, 6.45) is 4.62. The number of benzene rings is 1. The quantitative estimate of drug-likeness (QED) is 0.535. The number of fused-ring (bicyclic) bond motifs is 1. The number of hydrogen-bond acceptors (Lipinski definition) is 8. The lowest BCUT2D eigenvalue weighted by Gasteiger charge is -2.48. The van der Waals surface area contributed by atoms with Gasteiger partial charge in [-0.05, 0) is 42.7 Å². The molecular weight excluding hydrogens is 461 g/mol. The maximum absolute atomic E-state index is 13.7. The lowest BCUT2D eigenvalue weighted by molar-refractivity contribution is 0.397. The van der Waals surface area contributed by atoms with Gasteiger partial charge < -0.3 is 14.5 Å². The van der Waals surface area contributed by atoms with Crippen LogP contribution in [0, 0.1) is 5.82 Å². The first-order chi connectivity index (χ1) is 16.3. The summed E-state index contributed by atoms with van der Waals surface area (Å²) in [4.78, 5) is 8.72. The number of aryl methyl sites for hydroxylation is 1. The number of nitrogens with one attached hydrogen (secondary N) is 1. The van der Waals surface area contributed by atoms with E-state index in [-0.39, 0.29) is 18.4 Å². The number of hydrogen-bond donors (Lipinski definition) is 1. The Morgan fingerprint density at radius 3 is 2.74 bits per heavy atom. The Morgan fingerprint density at radius 2 is 2.03 bits per heavy atom. The highest BCUT2D eigenvalue weighted by molar-refractivity contribution is 7.88. The van der Waals surface area contributed by atoms with Crippen molar-refractivity contribution in [3.63, 3.8) is 0 Å². The molecule has 2 aromatic heterocycles. The summed E-state index contributed by atoms with van der Waals surface area (Å²) in [6.45, 7) is 2.37. The van der Waals surface area contributed by atoms with E-state index in [0.717, 1.165) is 50.0 Å². The molecule has 0 unspecified atom stereocenters. The Morgan fingerprint density at radius 1 is 1.21 bits per heavy atom. The van der Waals surface area contributed by atoms with Crippen molar-refractivity contribution in [2.45, 2.75) is 25.4 Å². The molecule has 5 rings (SSSR count). The largest absolute Gasteiger partial charge is 0.481 e. The third-order valence-corrected chi connectivity index (χ3v) is 6.84. The van der Waals surface area contributed by atoms with E-state index in [1.54, 1.807) is 30.0 Å². The molecule has 3 aromatic rings. The predicted octanol–water partition coefficient (Wildman–Crippen LogP) is 1.50. The van der Waals surface area contributed by atoms with Crippen LogP contribution >= 0.6 is 0 Å². The second-order valence-corrected chi connectivity index (χ2v) is 10.4. The maximum Gasteiger partial charge on any atom is 0.232 e.